The largest absolute Gasteiger partial charge is 0.416 e. The molecule has 9 nitrogen and oxygen atoms in total. The van der Waals surface area contributed by atoms with Gasteiger partial charge in [0.25, 0.3) is 5.91 Å². The first-order valence-electron chi connectivity index (χ1n) is 10.5. The summed E-state index contributed by atoms with van der Waals surface area (Å²) in [7, 11) is -4.03. The first kappa shape index (κ1) is 28.0. The van der Waals surface area contributed by atoms with Crippen molar-refractivity contribution in [1.29, 1.82) is 5.26 Å². The minimum absolute atomic E-state index is 0.101. The fourth-order valence-electron chi connectivity index (χ4n) is 2.99. The molecule has 3 aromatic rings. The maximum atomic E-state index is 13.6. The number of hydrogen-bond donors (Lipinski definition) is 3. The molecule has 15 heteroatoms. The molecule has 0 aliphatic heterocycles. The number of nitriles is 1. The van der Waals surface area contributed by atoms with E-state index in [1.54, 1.807) is 0 Å². The lowest BCUT2D eigenvalue weighted by atomic mass is 10.1. The number of rotatable bonds is 7. The van der Waals surface area contributed by atoms with E-state index in [-0.39, 0.29) is 22.8 Å². The van der Waals surface area contributed by atoms with Crippen molar-refractivity contribution in [3.63, 3.8) is 0 Å². The number of halogens is 5. The van der Waals surface area contributed by atoms with Gasteiger partial charge in [0.1, 0.15) is 11.6 Å². The van der Waals surface area contributed by atoms with Crippen LogP contribution in [-0.2, 0) is 22.7 Å². The molecule has 0 saturated carbocycles. The molecule has 38 heavy (non-hydrogen) atoms. The number of pyridine rings is 1. The monoisotopic (exact) mass is 552 g/mol. The van der Waals surface area contributed by atoms with E-state index in [0.29, 0.717) is 12.1 Å². The number of aromatic nitrogens is 1. The summed E-state index contributed by atoms with van der Waals surface area (Å²) < 4.78 is 92.7. The molecule has 1 aromatic heterocycles. The highest BCUT2D eigenvalue weighted by Crippen LogP contribution is 2.32. The molecule has 1 heterocycles. The van der Waals surface area contributed by atoms with Gasteiger partial charge in [0.2, 0.25) is 16.0 Å². The molecule has 0 spiro atoms. The number of amides is 1. The Kier molecular flexibility index (Phi) is 8.58. The number of nitrogens with one attached hydrogen (secondary N) is 3. The van der Waals surface area contributed by atoms with Crippen molar-refractivity contribution < 1.29 is 35.2 Å². The second-order valence-corrected chi connectivity index (χ2v) is 9.18. The Bertz CT molecular complexity index is 1520. The lowest BCUT2D eigenvalue weighted by Gasteiger charge is -2.14. The van der Waals surface area contributed by atoms with Crippen LogP contribution in [0, 0.1) is 23.0 Å². The van der Waals surface area contributed by atoms with Crippen LogP contribution in [0.15, 0.2) is 65.7 Å². The Labute approximate surface area is 213 Å². The van der Waals surface area contributed by atoms with Crippen LogP contribution in [-0.4, -0.2) is 31.0 Å². The predicted octanol–water partition coefficient (Wildman–Crippen LogP) is 4.04. The van der Waals surface area contributed by atoms with Crippen LogP contribution >= 0.6 is 0 Å². The number of hydrogen-bond acceptors (Lipinski definition) is 6. The Morgan fingerprint density at radius 3 is 2.39 bits per heavy atom. The van der Waals surface area contributed by atoms with Crippen LogP contribution in [0.5, 0.6) is 0 Å². The second kappa shape index (κ2) is 11.6. The summed E-state index contributed by atoms with van der Waals surface area (Å²) in [5.74, 6) is -5.07. The maximum Gasteiger partial charge on any atom is 0.416 e. The van der Waals surface area contributed by atoms with E-state index in [4.69, 9.17) is 5.26 Å². The zero-order valence-electron chi connectivity index (χ0n) is 19.1. The van der Waals surface area contributed by atoms with E-state index in [9.17, 15) is 35.2 Å². The number of alkyl halides is 3. The summed E-state index contributed by atoms with van der Waals surface area (Å²) in [5, 5.41) is 13.4. The average molecular weight is 552 g/mol. The summed E-state index contributed by atoms with van der Waals surface area (Å²) in [5.41, 5.74) is -1.51. The fraction of sp³-hybridized carbons (Fsp3) is 0.130. The summed E-state index contributed by atoms with van der Waals surface area (Å²) in [6.07, 6.45) is -4.68. The van der Waals surface area contributed by atoms with Gasteiger partial charge in [-0.3, -0.25) is 14.8 Å². The Hall–Kier alpha value is -4.58. The van der Waals surface area contributed by atoms with Crippen molar-refractivity contribution in [2.45, 2.75) is 12.7 Å². The van der Waals surface area contributed by atoms with Gasteiger partial charge in [0.05, 0.1) is 18.2 Å². The van der Waals surface area contributed by atoms with Crippen LogP contribution in [0.1, 0.15) is 21.5 Å². The fourth-order valence-corrected chi connectivity index (χ4v) is 3.66. The van der Waals surface area contributed by atoms with Gasteiger partial charge in [-0.05, 0) is 42.0 Å². The molecule has 3 N–H and O–H groups in total. The third kappa shape index (κ3) is 7.71. The number of aliphatic imine (C=N–C) groups is 1. The molecule has 0 radical (unpaired) electrons. The molecule has 0 bridgehead atoms. The summed E-state index contributed by atoms with van der Waals surface area (Å²) in [4.78, 5) is 20.6. The topological polar surface area (TPSA) is 136 Å². The van der Waals surface area contributed by atoms with Crippen LogP contribution < -0.4 is 15.4 Å². The Morgan fingerprint density at radius 2 is 1.71 bits per heavy atom. The van der Waals surface area contributed by atoms with Crippen molar-refractivity contribution in [3.8, 4) is 6.07 Å². The highest BCUT2D eigenvalue weighted by atomic mass is 32.2. The molecule has 0 fully saturated rings. The Morgan fingerprint density at radius 1 is 1.00 bits per heavy atom. The highest BCUT2D eigenvalue weighted by Gasteiger charge is 2.32. The smallest absolute Gasteiger partial charge is 0.311 e. The molecular weight excluding hydrogens is 535 g/mol. The van der Waals surface area contributed by atoms with Crippen LogP contribution in [0.2, 0.25) is 0 Å². The third-order valence-corrected chi connectivity index (χ3v) is 5.68. The normalized spacial score (nSPS) is 11.9. The van der Waals surface area contributed by atoms with Gasteiger partial charge < -0.3 is 5.32 Å². The summed E-state index contributed by atoms with van der Waals surface area (Å²) in [6.45, 7) is -0.565. The number of carbonyl (C=O) groups excluding carboxylic acids is 1. The van der Waals surface area contributed by atoms with Crippen molar-refractivity contribution >= 4 is 33.5 Å². The van der Waals surface area contributed by atoms with E-state index in [0.717, 1.165) is 12.1 Å². The van der Waals surface area contributed by atoms with Crippen LogP contribution in [0.25, 0.3) is 0 Å². The first-order valence-corrected chi connectivity index (χ1v) is 12.1. The first-order chi connectivity index (χ1) is 17.9. The second-order valence-electron chi connectivity index (χ2n) is 7.46. The molecular formula is C23H17F5N6O3S. The van der Waals surface area contributed by atoms with E-state index >= 15 is 0 Å². The quantitative estimate of drug-likeness (QED) is 0.230. The van der Waals surface area contributed by atoms with E-state index < -0.39 is 57.6 Å². The number of anilines is 2. The summed E-state index contributed by atoms with van der Waals surface area (Å²) in [6, 6.07) is 12.3. The highest BCUT2D eigenvalue weighted by molar-refractivity contribution is 7.92. The number of carbonyl (C=O) groups is 1. The van der Waals surface area contributed by atoms with Crippen molar-refractivity contribution in [3.05, 3.63) is 89.0 Å². The van der Waals surface area contributed by atoms with Crippen molar-refractivity contribution in [2.24, 2.45) is 4.99 Å². The molecule has 0 aliphatic carbocycles. The lowest BCUT2D eigenvalue weighted by Crippen LogP contribution is -2.36. The molecule has 0 unspecified atom stereocenters. The number of benzene rings is 2. The SMILES string of the molecule is N#CCS(=O)(=O)Nc1cccc(NC(=NCc2ccccc2C(F)(F)F)NC(=O)c2ccc(F)c(F)c2)n1. The zero-order chi connectivity index (χ0) is 27.9. The van der Waals surface area contributed by atoms with Gasteiger partial charge in [-0.15, -0.1) is 0 Å². The van der Waals surface area contributed by atoms with E-state index in [2.05, 4.69) is 25.3 Å². The van der Waals surface area contributed by atoms with Gasteiger partial charge in [-0.1, -0.05) is 24.3 Å². The lowest BCUT2D eigenvalue weighted by molar-refractivity contribution is -0.138. The van der Waals surface area contributed by atoms with Crippen molar-refractivity contribution in [1.82, 2.24) is 10.3 Å². The molecule has 0 saturated heterocycles. The van der Waals surface area contributed by atoms with Gasteiger partial charge >= 0.3 is 6.18 Å². The number of nitrogens with zero attached hydrogens (tertiary/aromatic N) is 3. The van der Waals surface area contributed by atoms with Crippen LogP contribution in [0.3, 0.4) is 0 Å². The minimum Gasteiger partial charge on any atom is -0.311 e. The molecule has 198 valence electrons. The average Bonchev–Trinajstić information content (AvgIpc) is 2.83. The molecule has 0 atom stereocenters. The van der Waals surface area contributed by atoms with E-state index in [1.165, 1.54) is 42.5 Å². The maximum absolute atomic E-state index is 13.6. The number of sulfonamides is 1. The third-order valence-electron chi connectivity index (χ3n) is 4.65. The molecule has 3 rings (SSSR count). The minimum atomic E-state index is -4.68. The van der Waals surface area contributed by atoms with Crippen molar-refractivity contribution in [2.75, 3.05) is 15.8 Å². The number of guanidine groups is 1. The summed E-state index contributed by atoms with van der Waals surface area (Å²) >= 11 is 0. The van der Waals surface area contributed by atoms with Gasteiger partial charge in [0, 0.05) is 5.56 Å². The predicted molar refractivity (Wildman–Crippen MR) is 127 cm³/mol. The molecule has 2 aromatic carbocycles. The zero-order valence-corrected chi connectivity index (χ0v) is 19.9. The molecule has 1 amide bonds. The molecule has 0 aliphatic rings. The van der Waals surface area contributed by atoms with Gasteiger partial charge in [-0.25, -0.2) is 27.2 Å². The van der Waals surface area contributed by atoms with Crippen LogP contribution in [0.4, 0.5) is 33.6 Å². The Balaban J connectivity index is 1.93. The standard InChI is InChI=1S/C23H17F5N6O3S/c24-17-9-8-14(12-18(17)25)21(35)33-22(30-13-15-4-1-2-5-16(15)23(26,27)28)32-19-6-3-7-20(31-19)34-38(36,37)11-10-29/h1-9,12H,11,13H2,(H3,30,31,32,33,34,35). The van der Waals surface area contributed by atoms with Gasteiger partial charge in [0.15, 0.2) is 17.4 Å². The van der Waals surface area contributed by atoms with Gasteiger partial charge in [-0.2, -0.15) is 18.4 Å². The van der Waals surface area contributed by atoms with E-state index in [1.807, 2.05) is 0 Å².